The Labute approximate surface area is 222 Å². The van der Waals surface area contributed by atoms with Crippen LogP contribution in [-0.2, 0) is 18.3 Å². The molecule has 0 aliphatic carbocycles. The molecule has 0 spiro atoms. The highest BCUT2D eigenvalue weighted by molar-refractivity contribution is 7.80. The molecule has 8 nitrogen and oxygen atoms in total. The summed E-state index contributed by atoms with van der Waals surface area (Å²) >= 11 is 6.77. The second-order valence-corrected chi connectivity index (χ2v) is 9.63. The van der Waals surface area contributed by atoms with Crippen molar-refractivity contribution in [3.8, 4) is 28.0 Å². The minimum atomic E-state index is -0.262. The van der Waals surface area contributed by atoms with E-state index < -0.39 is 0 Å². The van der Waals surface area contributed by atoms with Gasteiger partial charge >= 0.3 is 0 Å². The molecular formula is C27H23N5O3S2. The van der Waals surface area contributed by atoms with Crippen LogP contribution in [0.3, 0.4) is 0 Å². The molecular weight excluding hydrogens is 506 g/mol. The number of hydrogen-bond acceptors (Lipinski definition) is 7. The molecule has 0 saturated heterocycles. The predicted octanol–water partition coefficient (Wildman–Crippen LogP) is 5.32. The highest BCUT2D eigenvalue weighted by atomic mass is 32.1. The van der Waals surface area contributed by atoms with E-state index in [1.54, 1.807) is 41.9 Å². The number of carbonyl (C=O) groups excluding carboxylic acids is 1. The highest BCUT2D eigenvalue weighted by Gasteiger charge is 2.23. The summed E-state index contributed by atoms with van der Waals surface area (Å²) in [4.78, 5) is 24.3. The third-order valence-electron chi connectivity index (χ3n) is 5.71. The number of thiophene rings is 1. The smallest absolute Gasteiger partial charge is 0.237 e. The molecule has 0 radical (unpaired) electrons. The molecule has 3 heterocycles. The average molecular weight is 530 g/mol. The van der Waals surface area contributed by atoms with E-state index in [9.17, 15) is 4.79 Å². The average Bonchev–Trinajstić information content (AvgIpc) is 3.51. The molecule has 2 N–H and O–H groups in total. The normalized spacial score (nSPS) is 10.9. The number of anilines is 1. The quantitative estimate of drug-likeness (QED) is 0.285. The minimum absolute atomic E-state index is 0.0656. The number of nitrogens with two attached hydrogens (primary N) is 1. The van der Waals surface area contributed by atoms with Gasteiger partial charge in [0.1, 0.15) is 23.1 Å². The van der Waals surface area contributed by atoms with E-state index in [4.69, 9.17) is 27.4 Å². The van der Waals surface area contributed by atoms with Crippen LogP contribution in [0.15, 0.2) is 79.3 Å². The van der Waals surface area contributed by atoms with Gasteiger partial charge in [0.05, 0.1) is 34.3 Å². The number of aromatic nitrogens is 3. The Morgan fingerprint density at radius 3 is 2.59 bits per heavy atom. The van der Waals surface area contributed by atoms with Gasteiger partial charge in [0.2, 0.25) is 5.91 Å². The van der Waals surface area contributed by atoms with Gasteiger partial charge < -0.3 is 19.8 Å². The number of carbonyl (C=O) groups is 1. The van der Waals surface area contributed by atoms with Crippen LogP contribution in [0.2, 0.25) is 0 Å². The lowest BCUT2D eigenvalue weighted by Crippen LogP contribution is -2.41. The van der Waals surface area contributed by atoms with Crippen molar-refractivity contribution in [3.63, 3.8) is 0 Å². The fraction of sp³-hybridized carbons (Fsp3) is 0.111. The third kappa shape index (κ3) is 5.02. The van der Waals surface area contributed by atoms with Gasteiger partial charge in [-0.1, -0.05) is 30.3 Å². The number of amides is 1. The molecule has 1 amide bonds. The molecule has 3 aromatic heterocycles. The maximum atomic E-state index is 13.1. The Balaban J connectivity index is 1.44. The summed E-state index contributed by atoms with van der Waals surface area (Å²) in [6.45, 7) is 0. The van der Waals surface area contributed by atoms with Gasteiger partial charge in [-0.15, -0.1) is 11.3 Å². The fourth-order valence-corrected chi connectivity index (χ4v) is 5.27. The summed E-state index contributed by atoms with van der Waals surface area (Å²) in [6, 6.07) is 18.4. The summed E-state index contributed by atoms with van der Waals surface area (Å²) in [7, 11) is 3.47. The van der Waals surface area contributed by atoms with E-state index in [1.807, 2.05) is 60.3 Å². The maximum absolute atomic E-state index is 13.1. The van der Waals surface area contributed by atoms with Crippen LogP contribution >= 0.6 is 23.6 Å². The van der Waals surface area contributed by atoms with Crippen molar-refractivity contribution in [2.24, 2.45) is 12.8 Å². The standard InChI is InChI=1S/C27H23N5O3S2/c1-31-13-12-30-26(31)23-16-19-25(37-23)21(10-11-29-19)35-18-8-9-20(22(15-18)34-2)32(27(28)36)24(33)14-17-6-4-3-5-7-17/h3-13,15-16H,14H2,1-2H3,(H2,28,36). The van der Waals surface area contributed by atoms with Gasteiger partial charge in [0.15, 0.2) is 5.11 Å². The van der Waals surface area contributed by atoms with Crippen molar-refractivity contribution in [1.82, 2.24) is 14.5 Å². The Hall–Kier alpha value is -4.28. The van der Waals surface area contributed by atoms with Crippen LogP contribution < -0.4 is 20.1 Å². The Morgan fingerprint density at radius 1 is 1.08 bits per heavy atom. The number of benzene rings is 2. The van der Waals surface area contributed by atoms with Crippen LogP contribution in [0.25, 0.3) is 20.9 Å². The second kappa shape index (κ2) is 10.4. The first kappa shape index (κ1) is 24.4. The topological polar surface area (TPSA) is 95.5 Å². The number of fused-ring (bicyclic) bond motifs is 1. The van der Waals surface area contributed by atoms with E-state index in [1.165, 1.54) is 12.0 Å². The number of pyridine rings is 1. The zero-order valence-corrected chi connectivity index (χ0v) is 21.8. The number of hydrogen-bond donors (Lipinski definition) is 1. The third-order valence-corrected chi connectivity index (χ3v) is 7.02. The minimum Gasteiger partial charge on any atom is -0.494 e. The molecule has 2 aromatic carbocycles. The highest BCUT2D eigenvalue weighted by Crippen LogP contribution is 2.40. The van der Waals surface area contributed by atoms with E-state index in [-0.39, 0.29) is 17.4 Å². The number of ether oxygens (including phenoxy) is 2. The summed E-state index contributed by atoms with van der Waals surface area (Å²) < 4.78 is 14.7. The lowest BCUT2D eigenvalue weighted by atomic mass is 10.1. The van der Waals surface area contributed by atoms with Gasteiger partial charge in [-0.05, 0) is 36.0 Å². The monoisotopic (exact) mass is 529 g/mol. The van der Waals surface area contributed by atoms with Crippen LogP contribution in [0.1, 0.15) is 5.56 Å². The summed E-state index contributed by atoms with van der Waals surface area (Å²) in [6.07, 6.45) is 5.51. The van der Waals surface area contributed by atoms with Gasteiger partial charge in [0, 0.05) is 37.8 Å². The Bertz CT molecular complexity index is 1600. The first-order valence-corrected chi connectivity index (χ1v) is 12.6. The van der Waals surface area contributed by atoms with E-state index in [0.717, 1.165) is 26.5 Å². The van der Waals surface area contributed by atoms with Crippen LogP contribution in [0.5, 0.6) is 17.2 Å². The fourth-order valence-electron chi connectivity index (χ4n) is 3.97. The van der Waals surface area contributed by atoms with Crippen molar-refractivity contribution >= 4 is 50.5 Å². The van der Waals surface area contributed by atoms with Crippen molar-refractivity contribution in [2.75, 3.05) is 12.0 Å². The molecule has 0 aliphatic heterocycles. The number of methoxy groups -OCH3 is 1. The molecule has 5 aromatic rings. The maximum Gasteiger partial charge on any atom is 0.237 e. The first-order valence-electron chi connectivity index (χ1n) is 11.3. The van der Waals surface area contributed by atoms with E-state index >= 15 is 0 Å². The van der Waals surface area contributed by atoms with Gasteiger partial charge in [-0.2, -0.15) is 0 Å². The summed E-state index contributed by atoms with van der Waals surface area (Å²) in [5, 5.41) is -0.0656. The lowest BCUT2D eigenvalue weighted by Gasteiger charge is -2.23. The number of rotatable bonds is 7. The van der Waals surface area contributed by atoms with Crippen LogP contribution in [-0.4, -0.2) is 32.7 Å². The second-order valence-electron chi connectivity index (χ2n) is 8.16. The first-order chi connectivity index (χ1) is 17.9. The number of nitrogens with zero attached hydrogens (tertiary/aromatic N) is 4. The Morgan fingerprint density at radius 2 is 1.89 bits per heavy atom. The van der Waals surface area contributed by atoms with Crippen molar-refractivity contribution in [3.05, 3.63) is 84.8 Å². The molecule has 0 unspecified atom stereocenters. The van der Waals surface area contributed by atoms with Gasteiger partial charge in [0.25, 0.3) is 0 Å². The molecule has 37 heavy (non-hydrogen) atoms. The Kier molecular flexibility index (Phi) is 6.85. The largest absolute Gasteiger partial charge is 0.494 e. The van der Waals surface area contributed by atoms with Crippen LogP contribution in [0.4, 0.5) is 5.69 Å². The molecule has 0 atom stereocenters. The van der Waals surface area contributed by atoms with Crippen molar-refractivity contribution in [2.45, 2.75) is 6.42 Å². The van der Waals surface area contributed by atoms with Crippen LogP contribution in [0, 0.1) is 0 Å². The van der Waals surface area contributed by atoms with Gasteiger partial charge in [-0.3, -0.25) is 14.7 Å². The van der Waals surface area contributed by atoms with E-state index in [0.29, 0.717) is 22.9 Å². The lowest BCUT2D eigenvalue weighted by molar-refractivity contribution is -0.117. The molecule has 0 fully saturated rings. The summed E-state index contributed by atoms with van der Waals surface area (Å²) in [5.41, 5.74) is 8.07. The molecule has 0 aliphatic rings. The zero-order valence-electron chi connectivity index (χ0n) is 20.1. The molecule has 10 heteroatoms. The van der Waals surface area contributed by atoms with Crippen molar-refractivity contribution in [1.29, 1.82) is 0 Å². The molecule has 186 valence electrons. The molecule has 0 saturated carbocycles. The number of aryl methyl sites for hydroxylation is 1. The SMILES string of the molecule is COc1cc(Oc2ccnc3cc(-c4nccn4C)sc23)ccc1N(C(=O)Cc1ccccc1)C(N)=S. The van der Waals surface area contributed by atoms with E-state index in [2.05, 4.69) is 9.97 Å². The molecule has 0 bridgehead atoms. The number of imidazole rings is 1. The van der Waals surface area contributed by atoms with Gasteiger partial charge in [-0.25, -0.2) is 4.98 Å². The zero-order chi connectivity index (χ0) is 25.9. The number of thiocarbonyl (C=S) groups is 1. The predicted molar refractivity (Wildman–Crippen MR) is 149 cm³/mol. The summed E-state index contributed by atoms with van der Waals surface area (Å²) in [5.74, 6) is 2.17. The molecule has 5 rings (SSSR count). The van der Waals surface area contributed by atoms with Crippen molar-refractivity contribution < 1.29 is 14.3 Å².